The Labute approximate surface area is 143 Å². The number of hydrogen-bond acceptors (Lipinski definition) is 5. The summed E-state index contributed by atoms with van der Waals surface area (Å²) >= 11 is 11.7. The van der Waals surface area contributed by atoms with Gasteiger partial charge in [0, 0.05) is 11.4 Å². The van der Waals surface area contributed by atoms with Crippen molar-refractivity contribution in [2.45, 2.75) is 25.9 Å². The Kier molecular flexibility index (Phi) is 7.64. The Hall–Kier alpha value is -1.99. The van der Waals surface area contributed by atoms with Crippen LogP contribution in [0.1, 0.15) is 19.8 Å². The van der Waals surface area contributed by atoms with E-state index in [2.05, 4.69) is 15.6 Å². The highest BCUT2D eigenvalue weighted by Crippen LogP contribution is 2.28. The summed E-state index contributed by atoms with van der Waals surface area (Å²) in [5.74, 6) is -1.33. The number of carbonyl (C=O) groups is 3. The average molecular weight is 363 g/mol. The fourth-order valence-electron chi connectivity index (χ4n) is 1.43. The lowest BCUT2D eigenvalue weighted by molar-refractivity contribution is -0.142. The van der Waals surface area contributed by atoms with Crippen molar-refractivity contribution in [3.05, 3.63) is 28.2 Å². The van der Waals surface area contributed by atoms with E-state index >= 15 is 0 Å². The zero-order valence-corrected chi connectivity index (χ0v) is 14.0. The third-order valence-corrected chi connectivity index (χ3v) is 3.21. The number of rotatable bonds is 6. The van der Waals surface area contributed by atoms with E-state index in [1.165, 1.54) is 26.2 Å². The molecule has 0 heterocycles. The van der Waals surface area contributed by atoms with Crippen LogP contribution in [0, 0.1) is 0 Å². The maximum Gasteiger partial charge on any atom is 0.306 e. The molecule has 0 saturated heterocycles. The number of halogens is 2. The van der Waals surface area contributed by atoms with Crippen LogP contribution in [-0.2, 0) is 19.1 Å². The summed E-state index contributed by atoms with van der Waals surface area (Å²) < 4.78 is 9.78. The van der Waals surface area contributed by atoms with Crippen LogP contribution in [0.5, 0.6) is 5.75 Å². The molecule has 1 atom stereocenters. The van der Waals surface area contributed by atoms with E-state index < -0.39 is 23.9 Å². The molecule has 0 radical (unpaired) electrons. The van der Waals surface area contributed by atoms with Crippen LogP contribution in [-0.4, -0.2) is 31.0 Å². The van der Waals surface area contributed by atoms with Gasteiger partial charge >= 0.3 is 5.97 Å². The van der Waals surface area contributed by atoms with E-state index in [9.17, 15) is 14.4 Å². The normalized spacial score (nSPS) is 11.3. The lowest BCUT2D eigenvalue weighted by Gasteiger charge is -2.16. The molecular formula is C14H16Cl2N2O5. The van der Waals surface area contributed by atoms with Crippen molar-refractivity contribution in [1.29, 1.82) is 0 Å². The second-order valence-electron chi connectivity index (χ2n) is 4.45. The Morgan fingerprint density at radius 2 is 1.87 bits per heavy atom. The molecule has 0 aromatic heterocycles. The predicted octanol–water partition coefficient (Wildman–Crippen LogP) is 1.86. The monoisotopic (exact) mass is 362 g/mol. The quantitative estimate of drug-likeness (QED) is 0.594. The molecule has 0 fully saturated rings. The van der Waals surface area contributed by atoms with E-state index in [-0.39, 0.29) is 23.6 Å². The van der Waals surface area contributed by atoms with Crippen molar-refractivity contribution in [2.24, 2.45) is 0 Å². The molecule has 2 N–H and O–H groups in total. The zero-order valence-electron chi connectivity index (χ0n) is 12.5. The third-order valence-electron chi connectivity index (χ3n) is 2.68. The lowest BCUT2D eigenvalue weighted by atomic mass is 10.3. The van der Waals surface area contributed by atoms with Gasteiger partial charge in [-0.3, -0.25) is 25.2 Å². The van der Waals surface area contributed by atoms with Gasteiger partial charge in [0.2, 0.25) is 5.91 Å². The van der Waals surface area contributed by atoms with E-state index in [0.29, 0.717) is 5.02 Å². The van der Waals surface area contributed by atoms with E-state index in [1.54, 1.807) is 6.07 Å². The van der Waals surface area contributed by atoms with Crippen LogP contribution >= 0.6 is 23.2 Å². The van der Waals surface area contributed by atoms with Crippen LogP contribution in [0.4, 0.5) is 0 Å². The second-order valence-corrected chi connectivity index (χ2v) is 5.29. The Balaban J connectivity index is 2.42. The molecule has 9 heteroatoms. The van der Waals surface area contributed by atoms with Gasteiger partial charge in [0.25, 0.3) is 5.91 Å². The molecule has 0 spiro atoms. The standard InChI is InChI=1S/C14H16Cl2N2O5/c1-8(23-11-4-3-9(15)7-10(11)16)14(21)18-17-12(19)5-6-13(20)22-2/h3-4,7-8H,5-6H2,1-2H3,(H,17,19)(H,18,21). The fraction of sp³-hybridized carbons (Fsp3) is 0.357. The molecule has 2 amide bonds. The molecule has 7 nitrogen and oxygen atoms in total. The summed E-state index contributed by atoms with van der Waals surface area (Å²) in [6.45, 7) is 1.49. The first-order chi connectivity index (χ1) is 10.8. The van der Waals surface area contributed by atoms with Gasteiger partial charge in [0.05, 0.1) is 18.6 Å². The molecule has 1 unspecified atom stereocenters. The molecule has 0 aliphatic carbocycles. The van der Waals surface area contributed by atoms with Crippen molar-refractivity contribution < 1.29 is 23.9 Å². The highest BCUT2D eigenvalue weighted by Gasteiger charge is 2.17. The van der Waals surface area contributed by atoms with E-state index in [4.69, 9.17) is 27.9 Å². The number of benzene rings is 1. The van der Waals surface area contributed by atoms with Crippen LogP contribution in [0.25, 0.3) is 0 Å². The summed E-state index contributed by atoms with van der Waals surface area (Å²) in [7, 11) is 1.23. The highest BCUT2D eigenvalue weighted by molar-refractivity contribution is 6.35. The molecule has 1 aromatic rings. The molecule has 0 saturated carbocycles. The summed E-state index contributed by atoms with van der Waals surface area (Å²) in [6.07, 6.45) is -1.09. The van der Waals surface area contributed by atoms with Crippen LogP contribution in [0.2, 0.25) is 10.0 Å². The Morgan fingerprint density at radius 3 is 2.48 bits per heavy atom. The number of hydrogen-bond donors (Lipinski definition) is 2. The zero-order chi connectivity index (χ0) is 17.4. The summed E-state index contributed by atoms with van der Waals surface area (Å²) in [6, 6.07) is 4.59. The molecule has 0 bridgehead atoms. The van der Waals surface area contributed by atoms with Gasteiger partial charge in [-0.05, 0) is 25.1 Å². The van der Waals surface area contributed by atoms with Gasteiger partial charge in [-0.1, -0.05) is 23.2 Å². The lowest BCUT2D eigenvalue weighted by Crippen LogP contribution is -2.47. The van der Waals surface area contributed by atoms with Crippen molar-refractivity contribution in [2.75, 3.05) is 7.11 Å². The van der Waals surface area contributed by atoms with E-state index in [1.807, 2.05) is 0 Å². The van der Waals surface area contributed by atoms with Gasteiger partial charge in [-0.25, -0.2) is 0 Å². The van der Waals surface area contributed by atoms with Crippen molar-refractivity contribution in [1.82, 2.24) is 10.9 Å². The minimum Gasteiger partial charge on any atom is -0.479 e. The van der Waals surface area contributed by atoms with Crippen molar-refractivity contribution >= 4 is 41.0 Å². The fourth-order valence-corrected chi connectivity index (χ4v) is 1.88. The molecule has 1 rings (SSSR count). The number of methoxy groups -OCH3 is 1. The third kappa shape index (κ3) is 6.75. The molecule has 0 aliphatic rings. The van der Waals surface area contributed by atoms with Gasteiger partial charge in [0.15, 0.2) is 6.10 Å². The van der Waals surface area contributed by atoms with Crippen LogP contribution in [0.15, 0.2) is 18.2 Å². The first kappa shape index (κ1) is 19.1. The SMILES string of the molecule is COC(=O)CCC(=O)NNC(=O)C(C)Oc1ccc(Cl)cc1Cl. The number of nitrogens with one attached hydrogen (secondary N) is 2. The molecular weight excluding hydrogens is 347 g/mol. The molecule has 126 valence electrons. The number of carbonyl (C=O) groups excluding carboxylic acids is 3. The molecule has 23 heavy (non-hydrogen) atoms. The Bertz CT molecular complexity index is 595. The first-order valence-corrected chi connectivity index (χ1v) is 7.36. The predicted molar refractivity (Wildman–Crippen MR) is 84.1 cm³/mol. The summed E-state index contributed by atoms with van der Waals surface area (Å²) in [4.78, 5) is 34.1. The van der Waals surface area contributed by atoms with Crippen LogP contribution in [0.3, 0.4) is 0 Å². The maximum atomic E-state index is 11.8. The number of ether oxygens (including phenoxy) is 2. The van der Waals surface area contributed by atoms with Crippen molar-refractivity contribution in [3.63, 3.8) is 0 Å². The minimum atomic E-state index is -0.908. The van der Waals surface area contributed by atoms with Crippen LogP contribution < -0.4 is 15.6 Å². The van der Waals surface area contributed by atoms with Gasteiger partial charge in [-0.2, -0.15) is 0 Å². The molecule has 1 aromatic carbocycles. The van der Waals surface area contributed by atoms with Gasteiger partial charge in [-0.15, -0.1) is 0 Å². The second kappa shape index (κ2) is 9.22. The summed E-state index contributed by atoms with van der Waals surface area (Å²) in [5.41, 5.74) is 4.36. The molecule has 0 aliphatic heterocycles. The number of esters is 1. The Morgan fingerprint density at radius 1 is 1.17 bits per heavy atom. The average Bonchev–Trinajstić information content (AvgIpc) is 2.52. The summed E-state index contributed by atoms with van der Waals surface area (Å²) in [5, 5.41) is 0.705. The number of hydrazine groups is 1. The van der Waals surface area contributed by atoms with Gasteiger partial charge in [0.1, 0.15) is 5.75 Å². The minimum absolute atomic E-state index is 0.0787. The highest BCUT2D eigenvalue weighted by atomic mass is 35.5. The largest absolute Gasteiger partial charge is 0.479 e. The topological polar surface area (TPSA) is 93.7 Å². The maximum absolute atomic E-state index is 11.8. The number of amides is 2. The van der Waals surface area contributed by atoms with E-state index in [0.717, 1.165) is 0 Å². The van der Waals surface area contributed by atoms with Gasteiger partial charge < -0.3 is 9.47 Å². The first-order valence-electron chi connectivity index (χ1n) is 6.60. The smallest absolute Gasteiger partial charge is 0.306 e. The van der Waals surface area contributed by atoms with Crippen molar-refractivity contribution in [3.8, 4) is 5.75 Å².